The largest absolute Gasteiger partial charge is 0.383 e. The average Bonchev–Trinajstić information content (AvgIpc) is 2.54. The molecular formula is C15H23NO5S. The third-order valence-corrected chi connectivity index (χ3v) is 5.04. The number of hydrogen-bond acceptors (Lipinski definition) is 5. The van der Waals surface area contributed by atoms with Gasteiger partial charge in [0.05, 0.1) is 29.4 Å². The van der Waals surface area contributed by atoms with Gasteiger partial charge in [-0.2, -0.15) is 0 Å². The number of rotatable bonds is 9. The van der Waals surface area contributed by atoms with Crippen LogP contribution in [0.15, 0.2) is 29.2 Å². The molecule has 0 heterocycles. The van der Waals surface area contributed by atoms with Crippen molar-refractivity contribution in [2.45, 2.75) is 11.8 Å². The highest BCUT2D eigenvalue weighted by molar-refractivity contribution is 7.91. The monoisotopic (exact) mass is 329 g/mol. The standard InChI is InChI=1S/C15H23NO5S/c1-4-22(18,19)14-8-6-5-7-13(14)15(17)16(9-11-20-2)10-12-21-3/h5-8H,4,9-12H2,1-3H3. The van der Waals surface area contributed by atoms with Gasteiger partial charge < -0.3 is 14.4 Å². The van der Waals surface area contributed by atoms with E-state index in [2.05, 4.69) is 0 Å². The summed E-state index contributed by atoms with van der Waals surface area (Å²) in [6.07, 6.45) is 0. The molecule has 1 rings (SSSR count). The van der Waals surface area contributed by atoms with Crippen LogP contribution in [0, 0.1) is 0 Å². The molecule has 0 N–H and O–H groups in total. The van der Waals surface area contributed by atoms with E-state index in [0.717, 1.165) is 0 Å². The Balaban J connectivity index is 3.13. The van der Waals surface area contributed by atoms with E-state index in [1.165, 1.54) is 17.0 Å². The van der Waals surface area contributed by atoms with E-state index in [1.54, 1.807) is 33.3 Å². The Morgan fingerprint density at radius 1 is 1.09 bits per heavy atom. The lowest BCUT2D eigenvalue weighted by Crippen LogP contribution is -2.37. The second kappa shape index (κ2) is 8.87. The summed E-state index contributed by atoms with van der Waals surface area (Å²) >= 11 is 0. The highest BCUT2D eigenvalue weighted by Gasteiger charge is 2.24. The Morgan fingerprint density at radius 3 is 2.14 bits per heavy atom. The van der Waals surface area contributed by atoms with Crippen LogP contribution in [0.1, 0.15) is 17.3 Å². The van der Waals surface area contributed by atoms with Crippen molar-refractivity contribution < 1.29 is 22.7 Å². The number of hydrogen-bond donors (Lipinski definition) is 0. The van der Waals surface area contributed by atoms with Gasteiger partial charge in [-0.1, -0.05) is 19.1 Å². The van der Waals surface area contributed by atoms with Crippen molar-refractivity contribution in [2.24, 2.45) is 0 Å². The molecule has 0 aliphatic rings. The summed E-state index contributed by atoms with van der Waals surface area (Å²) < 4.78 is 34.3. The highest BCUT2D eigenvalue weighted by Crippen LogP contribution is 2.19. The fraction of sp³-hybridized carbons (Fsp3) is 0.533. The van der Waals surface area contributed by atoms with E-state index in [4.69, 9.17) is 9.47 Å². The molecule has 0 bridgehead atoms. The maximum Gasteiger partial charge on any atom is 0.255 e. The molecule has 0 atom stereocenters. The quantitative estimate of drug-likeness (QED) is 0.681. The van der Waals surface area contributed by atoms with Crippen molar-refractivity contribution in [2.75, 3.05) is 46.3 Å². The summed E-state index contributed by atoms with van der Waals surface area (Å²) in [6.45, 7) is 3.05. The van der Waals surface area contributed by atoms with Crippen LogP contribution in [-0.2, 0) is 19.3 Å². The molecule has 0 aromatic heterocycles. The Morgan fingerprint density at radius 2 is 1.64 bits per heavy atom. The van der Waals surface area contributed by atoms with Crippen molar-refractivity contribution in [1.29, 1.82) is 0 Å². The number of carbonyl (C=O) groups excluding carboxylic acids is 1. The minimum atomic E-state index is -3.46. The number of carbonyl (C=O) groups is 1. The number of amides is 1. The van der Waals surface area contributed by atoms with Crippen LogP contribution < -0.4 is 0 Å². The van der Waals surface area contributed by atoms with Crippen molar-refractivity contribution in [3.63, 3.8) is 0 Å². The predicted molar refractivity (Wildman–Crippen MR) is 83.8 cm³/mol. The first-order valence-corrected chi connectivity index (χ1v) is 8.72. The Hall–Kier alpha value is -1.44. The van der Waals surface area contributed by atoms with Gasteiger partial charge in [-0.3, -0.25) is 4.79 Å². The Labute approximate surface area is 131 Å². The van der Waals surface area contributed by atoms with Crippen LogP contribution in [0.25, 0.3) is 0 Å². The van der Waals surface area contributed by atoms with Crippen LogP contribution in [0.2, 0.25) is 0 Å². The smallest absolute Gasteiger partial charge is 0.255 e. The van der Waals surface area contributed by atoms with Crippen molar-refractivity contribution in [3.8, 4) is 0 Å². The summed E-state index contributed by atoms with van der Waals surface area (Å²) in [4.78, 5) is 14.3. The summed E-state index contributed by atoms with van der Waals surface area (Å²) in [5, 5.41) is 0. The molecule has 0 radical (unpaired) electrons. The van der Waals surface area contributed by atoms with Crippen molar-refractivity contribution in [3.05, 3.63) is 29.8 Å². The molecule has 0 fully saturated rings. The lowest BCUT2D eigenvalue weighted by Gasteiger charge is -2.23. The topological polar surface area (TPSA) is 72.9 Å². The zero-order chi connectivity index (χ0) is 16.6. The molecule has 1 aromatic rings. The molecule has 124 valence electrons. The molecule has 0 saturated carbocycles. The molecule has 7 heteroatoms. The summed E-state index contributed by atoms with van der Waals surface area (Å²) in [7, 11) is -0.358. The molecular weight excluding hydrogens is 306 g/mol. The number of sulfone groups is 1. The minimum absolute atomic E-state index is 0.0482. The van der Waals surface area contributed by atoms with Crippen LogP contribution in [0.5, 0.6) is 0 Å². The molecule has 0 saturated heterocycles. The molecule has 22 heavy (non-hydrogen) atoms. The van der Waals surface area contributed by atoms with Gasteiger partial charge in [0.15, 0.2) is 9.84 Å². The van der Waals surface area contributed by atoms with Gasteiger partial charge in [0, 0.05) is 27.3 Å². The molecule has 6 nitrogen and oxygen atoms in total. The van der Waals surface area contributed by atoms with Gasteiger partial charge in [-0.05, 0) is 12.1 Å². The fourth-order valence-electron chi connectivity index (χ4n) is 1.96. The van der Waals surface area contributed by atoms with E-state index >= 15 is 0 Å². The first kappa shape index (κ1) is 18.6. The number of nitrogens with zero attached hydrogens (tertiary/aromatic N) is 1. The average molecular weight is 329 g/mol. The number of ether oxygens (including phenoxy) is 2. The highest BCUT2D eigenvalue weighted by atomic mass is 32.2. The first-order valence-electron chi connectivity index (χ1n) is 7.06. The molecule has 0 aliphatic carbocycles. The summed E-state index contributed by atoms with van der Waals surface area (Å²) in [5.74, 6) is -0.380. The number of benzene rings is 1. The zero-order valence-corrected chi connectivity index (χ0v) is 14.1. The lowest BCUT2D eigenvalue weighted by molar-refractivity contribution is 0.0624. The number of methoxy groups -OCH3 is 2. The lowest BCUT2D eigenvalue weighted by atomic mass is 10.2. The summed E-state index contributed by atoms with van der Waals surface area (Å²) in [6, 6.07) is 6.29. The van der Waals surface area contributed by atoms with E-state index in [-0.39, 0.29) is 22.1 Å². The zero-order valence-electron chi connectivity index (χ0n) is 13.2. The summed E-state index contributed by atoms with van der Waals surface area (Å²) in [5.41, 5.74) is 0.191. The van der Waals surface area contributed by atoms with Crippen molar-refractivity contribution >= 4 is 15.7 Å². The molecule has 1 aromatic carbocycles. The second-order valence-electron chi connectivity index (χ2n) is 4.68. The molecule has 0 unspecified atom stereocenters. The SMILES string of the molecule is CCS(=O)(=O)c1ccccc1C(=O)N(CCOC)CCOC. The van der Waals surface area contributed by atoms with E-state index in [0.29, 0.717) is 26.3 Å². The Bertz CT molecular complexity index is 577. The van der Waals surface area contributed by atoms with Gasteiger partial charge in [0.2, 0.25) is 0 Å². The second-order valence-corrected chi connectivity index (χ2v) is 6.92. The van der Waals surface area contributed by atoms with Crippen LogP contribution in [0.3, 0.4) is 0 Å². The molecule has 0 aliphatic heterocycles. The van der Waals surface area contributed by atoms with Gasteiger partial charge in [0.1, 0.15) is 0 Å². The maximum atomic E-state index is 12.7. The van der Waals surface area contributed by atoms with E-state index in [9.17, 15) is 13.2 Å². The molecule has 1 amide bonds. The Kier molecular flexibility index (Phi) is 7.50. The van der Waals surface area contributed by atoms with Gasteiger partial charge in [-0.15, -0.1) is 0 Å². The molecule has 0 spiro atoms. The normalized spacial score (nSPS) is 11.4. The third-order valence-electron chi connectivity index (χ3n) is 3.25. The van der Waals surface area contributed by atoms with Gasteiger partial charge in [0.25, 0.3) is 5.91 Å². The maximum absolute atomic E-state index is 12.7. The predicted octanol–water partition coefficient (Wildman–Crippen LogP) is 1.22. The minimum Gasteiger partial charge on any atom is -0.383 e. The van der Waals surface area contributed by atoms with Crippen molar-refractivity contribution in [1.82, 2.24) is 4.90 Å². The van der Waals surface area contributed by atoms with E-state index in [1.807, 2.05) is 0 Å². The van der Waals surface area contributed by atoms with Crippen LogP contribution in [0.4, 0.5) is 0 Å². The van der Waals surface area contributed by atoms with Crippen LogP contribution in [-0.4, -0.2) is 65.5 Å². The van der Waals surface area contributed by atoms with Gasteiger partial charge in [-0.25, -0.2) is 8.42 Å². The van der Waals surface area contributed by atoms with Crippen LogP contribution >= 0.6 is 0 Å². The fourth-order valence-corrected chi connectivity index (χ4v) is 3.05. The third kappa shape index (κ3) is 4.79. The van der Waals surface area contributed by atoms with Gasteiger partial charge >= 0.3 is 0 Å². The first-order chi connectivity index (χ1) is 10.5. The van der Waals surface area contributed by atoms with E-state index < -0.39 is 9.84 Å².